The highest BCUT2D eigenvalue weighted by molar-refractivity contribution is 7.92. The van der Waals surface area contributed by atoms with E-state index in [1.807, 2.05) is 54.6 Å². The molecule has 0 atom stereocenters. The second-order valence-corrected chi connectivity index (χ2v) is 9.60. The summed E-state index contributed by atoms with van der Waals surface area (Å²) in [6, 6.07) is 16.6. The fraction of sp³-hybridized carbons (Fsp3) is 0.292. The molecule has 1 saturated heterocycles. The van der Waals surface area contributed by atoms with Crippen molar-refractivity contribution in [2.45, 2.75) is 12.8 Å². The molecule has 9 nitrogen and oxygen atoms in total. The van der Waals surface area contributed by atoms with Crippen LogP contribution in [0.25, 0.3) is 17.5 Å². The Hall–Kier alpha value is -3.50. The molecule has 34 heavy (non-hydrogen) atoms. The van der Waals surface area contributed by atoms with Crippen LogP contribution in [0.2, 0.25) is 0 Å². The predicted octanol–water partition coefficient (Wildman–Crippen LogP) is 2.82. The van der Waals surface area contributed by atoms with Crippen LogP contribution in [0.15, 0.2) is 64.5 Å². The third kappa shape index (κ3) is 5.89. The third-order valence-corrected chi connectivity index (χ3v) is 7.12. The van der Waals surface area contributed by atoms with Gasteiger partial charge in [-0.15, -0.1) is 0 Å². The summed E-state index contributed by atoms with van der Waals surface area (Å²) in [6.07, 6.45) is 2.11. The lowest BCUT2D eigenvalue weighted by molar-refractivity contribution is -0.132. The van der Waals surface area contributed by atoms with Gasteiger partial charge in [-0.05, 0) is 35.9 Å². The highest BCUT2D eigenvalue weighted by Gasteiger charge is 2.27. The molecule has 10 heteroatoms. The molecule has 1 aliphatic rings. The Bertz CT molecular complexity index is 1230. The molecule has 1 aliphatic heterocycles. The van der Waals surface area contributed by atoms with Gasteiger partial charge in [-0.3, -0.25) is 4.79 Å². The zero-order chi connectivity index (χ0) is 24.0. The minimum atomic E-state index is -3.54. The molecule has 0 saturated carbocycles. The Morgan fingerprint density at radius 2 is 1.76 bits per heavy atom. The number of nitrogens with zero attached hydrogens (tertiary/aromatic N) is 4. The van der Waals surface area contributed by atoms with Crippen molar-refractivity contribution in [2.75, 3.05) is 33.3 Å². The summed E-state index contributed by atoms with van der Waals surface area (Å²) in [7, 11) is -1.94. The summed E-state index contributed by atoms with van der Waals surface area (Å²) in [5.74, 6) is 1.50. The summed E-state index contributed by atoms with van der Waals surface area (Å²) in [4.78, 5) is 18.7. The number of aromatic nitrogens is 2. The summed E-state index contributed by atoms with van der Waals surface area (Å²) < 4.78 is 37.0. The van der Waals surface area contributed by atoms with Gasteiger partial charge >= 0.3 is 0 Å². The Labute approximate surface area is 198 Å². The molecule has 0 radical (unpaired) electrons. The second kappa shape index (κ2) is 10.6. The van der Waals surface area contributed by atoms with Gasteiger partial charge in [0.05, 0.1) is 7.11 Å². The number of carbonyl (C=O) groups is 1. The highest BCUT2D eigenvalue weighted by Crippen LogP contribution is 2.20. The van der Waals surface area contributed by atoms with E-state index in [1.165, 1.54) is 9.71 Å². The topological polar surface area (TPSA) is 106 Å². The van der Waals surface area contributed by atoms with Crippen molar-refractivity contribution in [3.8, 4) is 17.1 Å². The molecule has 4 rings (SSSR count). The summed E-state index contributed by atoms with van der Waals surface area (Å²) in [5.41, 5.74) is 1.61. The first kappa shape index (κ1) is 23.7. The molecular weight excluding hydrogens is 456 g/mol. The molecule has 178 valence electrons. The Morgan fingerprint density at radius 3 is 2.44 bits per heavy atom. The SMILES string of the molecule is COc1ccc(-c2noc(CCC(=O)N3CCN(S(=O)(=O)/C=C/c4ccccc4)CC3)n2)cc1. The molecule has 0 unspecified atom stereocenters. The van der Waals surface area contributed by atoms with Gasteiger partial charge in [-0.25, -0.2) is 8.42 Å². The quantitative estimate of drug-likeness (QED) is 0.486. The minimum absolute atomic E-state index is 0.0685. The van der Waals surface area contributed by atoms with E-state index in [-0.39, 0.29) is 25.4 Å². The van der Waals surface area contributed by atoms with Crippen LogP contribution in [-0.2, 0) is 21.2 Å². The maximum atomic E-state index is 12.6. The number of methoxy groups -OCH3 is 1. The zero-order valence-electron chi connectivity index (χ0n) is 18.8. The van der Waals surface area contributed by atoms with Gasteiger partial charge in [0.2, 0.25) is 27.6 Å². The summed E-state index contributed by atoms with van der Waals surface area (Å²) >= 11 is 0. The average Bonchev–Trinajstić information content (AvgIpc) is 3.36. The van der Waals surface area contributed by atoms with E-state index in [2.05, 4.69) is 10.1 Å². The van der Waals surface area contributed by atoms with Gasteiger partial charge in [0.25, 0.3) is 0 Å². The first-order valence-electron chi connectivity index (χ1n) is 10.9. The van der Waals surface area contributed by atoms with Crippen molar-refractivity contribution in [3.05, 3.63) is 71.5 Å². The number of hydrogen-bond donors (Lipinski definition) is 0. The molecule has 1 aromatic heterocycles. The van der Waals surface area contributed by atoms with Crippen LogP contribution in [0.5, 0.6) is 5.75 Å². The van der Waals surface area contributed by atoms with Gasteiger partial charge in [-0.2, -0.15) is 9.29 Å². The smallest absolute Gasteiger partial charge is 0.236 e. The Morgan fingerprint density at radius 1 is 1.06 bits per heavy atom. The molecule has 0 spiro atoms. The van der Waals surface area contributed by atoms with E-state index in [0.717, 1.165) is 16.9 Å². The predicted molar refractivity (Wildman–Crippen MR) is 127 cm³/mol. The monoisotopic (exact) mass is 482 g/mol. The third-order valence-electron chi connectivity index (χ3n) is 5.55. The van der Waals surface area contributed by atoms with Crippen molar-refractivity contribution < 1.29 is 22.5 Å². The summed E-state index contributed by atoms with van der Waals surface area (Å²) in [6.45, 7) is 1.21. The lowest BCUT2D eigenvalue weighted by atomic mass is 10.2. The molecule has 0 bridgehead atoms. The number of amides is 1. The Kier molecular flexibility index (Phi) is 7.39. The highest BCUT2D eigenvalue weighted by atomic mass is 32.2. The lowest BCUT2D eigenvalue weighted by Crippen LogP contribution is -2.50. The number of hydrogen-bond acceptors (Lipinski definition) is 7. The fourth-order valence-corrected chi connectivity index (χ4v) is 4.77. The van der Waals surface area contributed by atoms with Gasteiger partial charge < -0.3 is 14.2 Å². The van der Waals surface area contributed by atoms with Gasteiger partial charge in [-0.1, -0.05) is 35.5 Å². The van der Waals surface area contributed by atoms with Crippen molar-refractivity contribution in [1.82, 2.24) is 19.3 Å². The van der Waals surface area contributed by atoms with Gasteiger partial charge in [0.15, 0.2) is 0 Å². The first-order chi connectivity index (χ1) is 16.4. The van der Waals surface area contributed by atoms with Crippen LogP contribution in [0.4, 0.5) is 0 Å². The van der Waals surface area contributed by atoms with Crippen LogP contribution < -0.4 is 4.74 Å². The van der Waals surface area contributed by atoms with E-state index >= 15 is 0 Å². The maximum Gasteiger partial charge on any atom is 0.236 e. The molecule has 1 fully saturated rings. The summed E-state index contributed by atoms with van der Waals surface area (Å²) in [5, 5.41) is 5.20. The molecule has 3 aromatic rings. The molecule has 0 N–H and O–H groups in total. The van der Waals surface area contributed by atoms with E-state index in [0.29, 0.717) is 31.2 Å². The fourth-order valence-electron chi connectivity index (χ4n) is 3.59. The van der Waals surface area contributed by atoms with E-state index in [9.17, 15) is 13.2 Å². The van der Waals surface area contributed by atoms with Crippen molar-refractivity contribution in [3.63, 3.8) is 0 Å². The standard InChI is InChI=1S/C24H26N4O5S/c1-32-21-9-7-20(8-10-21)24-25-22(33-26-24)11-12-23(29)27-14-16-28(17-15-27)34(30,31)18-13-19-5-3-2-4-6-19/h2-10,13,18H,11-12,14-17H2,1H3/b18-13+. The average molecular weight is 483 g/mol. The van der Waals surface area contributed by atoms with E-state index in [1.54, 1.807) is 18.1 Å². The van der Waals surface area contributed by atoms with E-state index < -0.39 is 10.0 Å². The number of aryl methyl sites for hydroxylation is 1. The normalized spacial score (nSPS) is 15.0. The van der Waals surface area contributed by atoms with Crippen molar-refractivity contribution >= 4 is 22.0 Å². The zero-order valence-corrected chi connectivity index (χ0v) is 19.6. The van der Waals surface area contributed by atoms with Crippen LogP contribution in [0.3, 0.4) is 0 Å². The second-order valence-electron chi connectivity index (χ2n) is 7.78. The van der Waals surface area contributed by atoms with Crippen molar-refractivity contribution in [2.24, 2.45) is 0 Å². The number of rotatable bonds is 8. The van der Waals surface area contributed by atoms with Crippen LogP contribution in [-0.4, -0.2) is 67.0 Å². The minimum Gasteiger partial charge on any atom is -0.497 e. The number of piperazine rings is 1. The lowest BCUT2D eigenvalue weighted by Gasteiger charge is -2.33. The van der Waals surface area contributed by atoms with Gasteiger partial charge in [0.1, 0.15) is 5.75 Å². The van der Waals surface area contributed by atoms with Crippen LogP contribution >= 0.6 is 0 Å². The largest absolute Gasteiger partial charge is 0.497 e. The number of carbonyl (C=O) groups excluding carboxylic acids is 1. The number of ether oxygens (including phenoxy) is 1. The first-order valence-corrected chi connectivity index (χ1v) is 12.4. The van der Waals surface area contributed by atoms with E-state index in [4.69, 9.17) is 9.26 Å². The molecule has 2 heterocycles. The number of sulfonamides is 1. The molecule has 0 aliphatic carbocycles. The molecule has 2 aromatic carbocycles. The maximum absolute atomic E-state index is 12.6. The van der Waals surface area contributed by atoms with Crippen molar-refractivity contribution in [1.29, 1.82) is 0 Å². The Balaban J connectivity index is 1.26. The van der Waals surface area contributed by atoms with Gasteiger partial charge in [0, 0.05) is 50.0 Å². The molecule has 1 amide bonds. The van der Waals surface area contributed by atoms with Crippen LogP contribution in [0.1, 0.15) is 17.9 Å². The number of benzene rings is 2. The van der Waals surface area contributed by atoms with Crippen LogP contribution in [0, 0.1) is 0 Å². The molecular formula is C24H26N4O5S.